The number of aryl methyl sites for hydroxylation is 1. The predicted molar refractivity (Wildman–Crippen MR) is 173 cm³/mol. The van der Waals surface area contributed by atoms with Gasteiger partial charge in [0.05, 0.1) is 10.3 Å². The molecule has 2 heterocycles. The number of sulfonamides is 1. The molecule has 3 N–H and O–H groups in total. The number of nitrogens with two attached hydrogens (primary N) is 1. The number of nitrogens with one attached hydrogen (secondary N) is 1. The molecule has 0 spiro atoms. The quantitative estimate of drug-likeness (QED) is 0.280. The lowest BCUT2D eigenvalue weighted by Gasteiger charge is -2.46. The van der Waals surface area contributed by atoms with E-state index in [0.29, 0.717) is 18.4 Å². The van der Waals surface area contributed by atoms with E-state index < -0.39 is 65.6 Å². The first-order valence-electron chi connectivity index (χ1n) is 14.7. The lowest BCUT2D eigenvalue weighted by atomic mass is 9.91. The van der Waals surface area contributed by atoms with Crippen molar-refractivity contribution in [2.75, 3.05) is 6.26 Å². The number of sulfone groups is 1. The lowest BCUT2D eigenvalue weighted by Crippen LogP contribution is -2.65. The number of carbonyl (C=O) groups is 2. The van der Waals surface area contributed by atoms with Gasteiger partial charge in [-0.1, -0.05) is 54.6 Å². The summed E-state index contributed by atoms with van der Waals surface area (Å²) in [5.41, 5.74) is -0.451. The van der Waals surface area contributed by atoms with Crippen molar-refractivity contribution >= 4 is 42.6 Å². The highest BCUT2D eigenvalue weighted by Gasteiger charge is 2.52. The van der Waals surface area contributed by atoms with Crippen molar-refractivity contribution in [3.63, 3.8) is 0 Å². The van der Waals surface area contributed by atoms with E-state index in [0.717, 1.165) is 17.2 Å². The molecule has 4 rings (SSSR count). The maximum Gasteiger partial charge on any atom is 0.270 e. The van der Waals surface area contributed by atoms with Gasteiger partial charge < -0.3 is 15.0 Å². The number of pyridine rings is 1. The molecule has 0 saturated carbocycles. The molecule has 1 aliphatic rings. The summed E-state index contributed by atoms with van der Waals surface area (Å²) in [6.07, 6.45) is 1.39. The Hall–Kier alpha value is -3.39. The molecule has 1 aliphatic heterocycles. The van der Waals surface area contributed by atoms with Crippen LogP contribution in [0, 0.1) is 0 Å². The second-order valence-corrected chi connectivity index (χ2v) is 17.3. The van der Waals surface area contributed by atoms with Gasteiger partial charge >= 0.3 is 0 Å². The van der Waals surface area contributed by atoms with Gasteiger partial charge in [-0.15, -0.1) is 0 Å². The molecule has 1 aromatic heterocycles. The molecule has 0 bridgehead atoms. The van der Waals surface area contributed by atoms with Gasteiger partial charge in [-0.2, -0.15) is 0 Å². The molecule has 13 heteroatoms. The monoisotopic (exact) mass is 658 g/mol. The number of hydrogen-bond donors (Lipinski definition) is 2. The fraction of sp³-hybridized carbons (Fsp3) is 0.469. The van der Waals surface area contributed by atoms with Gasteiger partial charge in [0.1, 0.15) is 17.8 Å². The number of nitrogens with zero attached hydrogens (tertiary/aromatic N) is 2. The van der Waals surface area contributed by atoms with Crippen molar-refractivity contribution in [2.24, 2.45) is 5.14 Å². The van der Waals surface area contributed by atoms with Crippen molar-refractivity contribution in [1.29, 1.82) is 0 Å². The Labute approximate surface area is 265 Å². The van der Waals surface area contributed by atoms with Crippen LogP contribution in [0.25, 0.3) is 10.9 Å². The zero-order valence-corrected chi connectivity index (χ0v) is 28.1. The van der Waals surface area contributed by atoms with Crippen LogP contribution in [0.3, 0.4) is 0 Å². The number of para-hydroxylation sites is 1. The Morgan fingerprint density at radius 1 is 0.956 bits per heavy atom. The van der Waals surface area contributed by atoms with Gasteiger partial charge in [-0.05, 0) is 71.6 Å². The molecular formula is C32H42N4O7S2. The summed E-state index contributed by atoms with van der Waals surface area (Å²) in [4.78, 5) is 34.4. The number of ether oxygens (including phenoxy) is 1. The number of aromatic nitrogens is 1. The SMILES string of the molecule is CC(C)(C)N(C(=O)[C@@H](NC(=O)c1ccc2ccccc2n1)C(C)(C)S(C)(=O)=O)[C@H](CCc1ccccc1)CC1OC1S(N)(=O)=O. The zero-order chi connectivity index (χ0) is 33.4. The van der Waals surface area contributed by atoms with E-state index in [4.69, 9.17) is 9.88 Å². The van der Waals surface area contributed by atoms with Crippen LogP contribution in [0.15, 0.2) is 66.7 Å². The van der Waals surface area contributed by atoms with E-state index in [9.17, 15) is 26.4 Å². The van der Waals surface area contributed by atoms with E-state index >= 15 is 0 Å². The number of primary sulfonamides is 1. The zero-order valence-electron chi connectivity index (χ0n) is 26.4. The standard InChI is InChI=1S/C32H42N4O7S2/c1-31(2,3)36(23(18-16-21-12-8-7-9-13-21)20-26-30(43-26)45(33,41)42)29(38)27(32(4,5)44(6,39)40)35-28(37)25-19-17-22-14-10-11-15-24(22)34-25/h7-15,17,19,23,26-27,30H,16,18,20H2,1-6H3,(H,35,37)(H2,33,41,42)/t23-,26?,27-,30?/m1/s1. The summed E-state index contributed by atoms with van der Waals surface area (Å²) in [6, 6.07) is 18.0. The van der Waals surface area contributed by atoms with E-state index in [-0.39, 0.29) is 12.1 Å². The summed E-state index contributed by atoms with van der Waals surface area (Å²) >= 11 is 0. The molecule has 45 heavy (non-hydrogen) atoms. The Balaban J connectivity index is 1.74. The molecule has 0 radical (unpaired) electrons. The topological polar surface area (TPSA) is 169 Å². The van der Waals surface area contributed by atoms with Crippen LogP contribution in [0.4, 0.5) is 0 Å². The normalized spacial score (nSPS) is 18.6. The summed E-state index contributed by atoms with van der Waals surface area (Å²) in [6.45, 7) is 8.23. The van der Waals surface area contributed by atoms with E-state index in [2.05, 4.69) is 10.3 Å². The van der Waals surface area contributed by atoms with Gasteiger partial charge in [-0.25, -0.2) is 27.0 Å². The molecule has 244 valence electrons. The summed E-state index contributed by atoms with van der Waals surface area (Å²) in [7, 11) is -7.87. The molecule has 2 unspecified atom stereocenters. The van der Waals surface area contributed by atoms with E-state index in [1.165, 1.54) is 19.9 Å². The second-order valence-electron chi connectivity index (χ2n) is 13.1. The smallest absolute Gasteiger partial charge is 0.270 e. The fourth-order valence-electron chi connectivity index (χ4n) is 5.52. The van der Waals surface area contributed by atoms with Crippen molar-refractivity contribution in [3.05, 3.63) is 78.0 Å². The van der Waals surface area contributed by atoms with Crippen LogP contribution in [0.5, 0.6) is 0 Å². The van der Waals surface area contributed by atoms with Crippen molar-refractivity contribution in [1.82, 2.24) is 15.2 Å². The van der Waals surface area contributed by atoms with Crippen molar-refractivity contribution in [3.8, 4) is 0 Å². The Kier molecular flexibility index (Phi) is 9.79. The highest BCUT2D eigenvalue weighted by atomic mass is 32.2. The maximum atomic E-state index is 14.7. The van der Waals surface area contributed by atoms with Gasteiger partial charge in [0.15, 0.2) is 15.3 Å². The third-order valence-electron chi connectivity index (χ3n) is 8.30. The minimum atomic E-state index is -3.96. The minimum absolute atomic E-state index is 0.0288. The maximum absolute atomic E-state index is 14.7. The highest BCUT2D eigenvalue weighted by Crippen LogP contribution is 2.36. The number of carbonyl (C=O) groups excluding carboxylic acids is 2. The Morgan fingerprint density at radius 3 is 2.16 bits per heavy atom. The number of amides is 2. The minimum Gasteiger partial charge on any atom is -0.351 e. The van der Waals surface area contributed by atoms with Crippen LogP contribution in [-0.2, 0) is 35.8 Å². The van der Waals surface area contributed by atoms with Crippen LogP contribution >= 0.6 is 0 Å². The predicted octanol–water partition coefficient (Wildman–Crippen LogP) is 3.19. The molecular weight excluding hydrogens is 617 g/mol. The summed E-state index contributed by atoms with van der Waals surface area (Å²) in [5.74, 6) is -1.33. The number of hydrogen-bond acceptors (Lipinski definition) is 8. The van der Waals surface area contributed by atoms with Crippen LogP contribution < -0.4 is 10.5 Å². The first-order chi connectivity index (χ1) is 20.8. The van der Waals surface area contributed by atoms with E-state index in [1.54, 1.807) is 23.1 Å². The first-order valence-corrected chi connectivity index (χ1v) is 18.2. The number of rotatable bonds is 12. The van der Waals surface area contributed by atoms with Gasteiger partial charge in [-0.3, -0.25) is 9.59 Å². The Bertz CT molecular complexity index is 1770. The van der Waals surface area contributed by atoms with E-state index in [1.807, 2.05) is 63.2 Å². The average molecular weight is 659 g/mol. The summed E-state index contributed by atoms with van der Waals surface area (Å²) in [5, 5.41) is 8.86. The molecule has 0 aliphatic carbocycles. The first kappa shape index (κ1) is 34.5. The number of fused-ring (bicyclic) bond motifs is 1. The highest BCUT2D eigenvalue weighted by molar-refractivity contribution is 7.92. The fourth-order valence-corrected chi connectivity index (χ4v) is 6.94. The van der Waals surface area contributed by atoms with Crippen LogP contribution in [0.1, 0.15) is 63.5 Å². The number of epoxide rings is 1. The molecule has 2 aromatic carbocycles. The molecule has 3 aromatic rings. The van der Waals surface area contributed by atoms with Gasteiger partial charge in [0, 0.05) is 23.2 Å². The average Bonchev–Trinajstić information content (AvgIpc) is 3.73. The second kappa shape index (κ2) is 12.8. The van der Waals surface area contributed by atoms with Gasteiger partial charge in [0.25, 0.3) is 5.91 Å². The van der Waals surface area contributed by atoms with Crippen LogP contribution in [-0.4, -0.2) is 78.7 Å². The van der Waals surface area contributed by atoms with Gasteiger partial charge in [0.2, 0.25) is 15.9 Å². The van der Waals surface area contributed by atoms with Crippen molar-refractivity contribution in [2.45, 2.75) is 87.8 Å². The third kappa shape index (κ3) is 8.07. The van der Waals surface area contributed by atoms with Crippen LogP contribution in [0.2, 0.25) is 0 Å². The molecule has 11 nitrogen and oxygen atoms in total. The third-order valence-corrected chi connectivity index (χ3v) is 11.5. The molecule has 1 saturated heterocycles. The van der Waals surface area contributed by atoms with Crippen molar-refractivity contribution < 1.29 is 31.2 Å². The molecule has 1 fully saturated rings. The molecule has 4 atom stereocenters. The molecule has 2 amide bonds. The number of benzene rings is 2. The Morgan fingerprint density at radius 2 is 1.58 bits per heavy atom. The largest absolute Gasteiger partial charge is 0.351 e. The summed E-state index contributed by atoms with van der Waals surface area (Å²) < 4.78 is 54.0. The lowest BCUT2D eigenvalue weighted by molar-refractivity contribution is -0.142.